The number of halogens is 4. The molecule has 3 atom stereocenters. The van der Waals surface area contributed by atoms with Crippen LogP contribution in [0.2, 0.25) is 0 Å². The predicted molar refractivity (Wildman–Crippen MR) is 108 cm³/mol. The zero-order valence-electron chi connectivity index (χ0n) is 18.1. The van der Waals surface area contributed by atoms with Crippen molar-refractivity contribution in [2.24, 2.45) is 11.8 Å². The Balaban J connectivity index is 1.82. The van der Waals surface area contributed by atoms with E-state index in [9.17, 15) is 22.7 Å². The summed E-state index contributed by atoms with van der Waals surface area (Å²) < 4.78 is 61.5. The average molecular weight is 432 g/mol. The van der Waals surface area contributed by atoms with Gasteiger partial charge in [0.15, 0.2) is 5.60 Å². The third-order valence-corrected chi connectivity index (χ3v) is 7.01. The number of aliphatic hydroxyl groups is 1. The summed E-state index contributed by atoms with van der Waals surface area (Å²) in [6, 6.07) is 3.82. The summed E-state index contributed by atoms with van der Waals surface area (Å²) in [6.45, 7) is 3.90. The first-order valence-electron chi connectivity index (χ1n) is 10.8. The van der Waals surface area contributed by atoms with Gasteiger partial charge in [-0.05, 0) is 61.3 Å². The van der Waals surface area contributed by atoms with Crippen molar-refractivity contribution in [2.45, 2.75) is 69.6 Å². The van der Waals surface area contributed by atoms with Crippen molar-refractivity contribution >= 4 is 0 Å². The lowest BCUT2D eigenvalue weighted by Gasteiger charge is -2.45. The van der Waals surface area contributed by atoms with E-state index >= 15 is 0 Å². The number of fused-ring (bicyclic) bond motifs is 1. The molecule has 1 aromatic rings. The summed E-state index contributed by atoms with van der Waals surface area (Å²) in [4.78, 5) is 1.78. The van der Waals surface area contributed by atoms with Gasteiger partial charge < -0.3 is 9.84 Å². The molecule has 1 aromatic carbocycles. The van der Waals surface area contributed by atoms with E-state index in [1.807, 2.05) is 0 Å². The molecule has 7 heteroatoms. The third-order valence-electron chi connectivity index (χ3n) is 7.01. The standard InChI is InChI=1S/C23H33F4NO2/c1-21(2,19-12-18(24)8-9-20(19)30-3)14-22(29,23(25,26)27)15-28-11-10-16-6-4-5-7-17(16)13-28/h8-9,12,16-17,29H,4-7,10-11,13-15H2,1-3H3. The highest BCUT2D eigenvalue weighted by Crippen LogP contribution is 2.45. The zero-order valence-corrected chi connectivity index (χ0v) is 18.1. The fourth-order valence-corrected chi connectivity index (χ4v) is 5.47. The number of piperidine rings is 1. The lowest BCUT2D eigenvalue weighted by molar-refractivity contribution is -0.272. The fourth-order valence-electron chi connectivity index (χ4n) is 5.47. The maximum atomic E-state index is 14.1. The first-order valence-corrected chi connectivity index (χ1v) is 10.8. The third kappa shape index (κ3) is 4.93. The predicted octanol–water partition coefficient (Wildman–Crippen LogP) is 5.31. The van der Waals surface area contributed by atoms with Gasteiger partial charge in [-0.2, -0.15) is 13.2 Å². The number of likely N-dealkylation sites (tertiary alicyclic amines) is 1. The van der Waals surface area contributed by atoms with Crippen LogP contribution in [0.4, 0.5) is 17.6 Å². The first-order chi connectivity index (χ1) is 13.9. The minimum Gasteiger partial charge on any atom is -0.496 e. The van der Waals surface area contributed by atoms with Crippen LogP contribution < -0.4 is 4.74 Å². The van der Waals surface area contributed by atoms with Crippen molar-refractivity contribution in [1.29, 1.82) is 0 Å². The molecule has 170 valence electrons. The molecule has 1 aliphatic carbocycles. The molecule has 1 saturated carbocycles. The molecular formula is C23H33F4NO2. The minimum absolute atomic E-state index is 0.314. The van der Waals surface area contributed by atoms with Gasteiger partial charge in [0.1, 0.15) is 11.6 Å². The Morgan fingerprint density at radius 1 is 1.10 bits per heavy atom. The molecule has 30 heavy (non-hydrogen) atoms. The van der Waals surface area contributed by atoms with Crippen molar-refractivity contribution in [3.05, 3.63) is 29.6 Å². The van der Waals surface area contributed by atoms with Crippen LogP contribution in [0, 0.1) is 17.7 Å². The van der Waals surface area contributed by atoms with Gasteiger partial charge in [0.05, 0.1) is 7.11 Å². The molecule has 0 bridgehead atoms. The van der Waals surface area contributed by atoms with Gasteiger partial charge in [-0.1, -0.05) is 33.1 Å². The normalized spacial score (nSPS) is 25.5. The van der Waals surface area contributed by atoms with Crippen LogP contribution in [0.1, 0.15) is 57.9 Å². The van der Waals surface area contributed by atoms with E-state index in [0.717, 1.165) is 25.7 Å². The second-order valence-electron chi connectivity index (χ2n) is 9.76. The highest BCUT2D eigenvalue weighted by atomic mass is 19.4. The Labute approximate surface area is 176 Å². The Bertz CT molecular complexity index is 736. The van der Waals surface area contributed by atoms with Gasteiger partial charge in [-0.3, -0.25) is 4.90 Å². The van der Waals surface area contributed by atoms with E-state index in [-0.39, 0.29) is 0 Å². The number of β-amino-alcohol motifs (C(OH)–C–C–N with tert-alkyl or cyclic N) is 1. The van der Waals surface area contributed by atoms with Crippen LogP contribution in [0.3, 0.4) is 0 Å². The number of hydrogen-bond acceptors (Lipinski definition) is 3. The molecule has 1 saturated heterocycles. The number of benzene rings is 1. The molecule has 2 aliphatic rings. The summed E-state index contributed by atoms with van der Waals surface area (Å²) in [5, 5.41) is 10.9. The molecule has 1 aliphatic heterocycles. The number of ether oxygens (including phenoxy) is 1. The van der Waals surface area contributed by atoms with Crippen LogP contribution in [0.25, 0.3) is 0 Å². The van der Waals surface area contributed by atoms with Crippen molar-refractivity contribution < 1.29 is 27.4 Å². The number of alkyl halides is 3. The smallest absolute Gasteiger partial charge is 0.418 e. The highest BCUT2D eigenvalue weighted by Gasteiger charge is 2.57. The Morgan fingerprint density at radius 2 is 1.77 bits per heavy atom. The Hall–Kier alpha value is -1.34. The monoisotopic (exact) mass is 431 g/mol. The summed E-state index contributed by atoms with van der Waals surface area (Å²) >= 11 is 0. The first kappa shape index (κ1) is 23.3. The maximum absolute atomic E-state index is 14.1. The zero-order chi connectivity index (χ0) is 22.2. The van der Waals surface area contributed by atoms with E-state index in [0.29, 0.717) is 36.2 Å². The van der Waals surface area contributed by atoms with E-state index in [2.05, 4.69) is 0 Å². The molecule has 3 rings (SSSR count). The topological polar surface area (TPSA) is 32.7 Å². The van der Waals surface area contributed by atoms with Gasteiger partial charge >= 0.3 is 6.18 Å². The quantitative estimate of drug-likeness (QED) is 0.620. The van der Waals surface area contributed by atoms with Gasteiger partial charge in [0.25, 0.3) is 0 Å². The molecule has 0 radical (unpaired) electrons. The second kappa shape index (κ2) is 8.65. The molecule has 0 amide bonds. The van der Waals surface area contributed by atoms with Gasteiger partial charge in [0, 0.05) is 18.7 Å². The van der Waals surface area contributed by atoms with Gasteiger partial charge in [-0.25, -0.2) is 4.39 Å². The maximum Gasteiger partial charge on any atom is 0.418 e. The molecular weight excluding hydrogens is 398 g/mol. The molecule has 1 heterocycles. The van der Waals surface area contributed by atoms with Crippen LogP contribution in [-0.4, -0.2) is 48.5 Å². The average Bonchev–Trinajstić information content (AvgIpc) is 2.66. The van der Waals surface area contributed by atoms with E-state index < -0.39 is 36.0 Å². The summed E-state index contributed by atoms with van der Waals surface area (Å²) in [6.07, 6.45) is 0.0656. The number of rotatable bonds is 6. The summed E-state index contributed by atoms with van der Waals surface area (Å²) in [7, 11) is 1.40. The highest BCUT2D eigenvalue weighted by molar-refractivity contribution is 5.39. The van der Waals surface area contributed by atoms with E-state index in [4.69, 9.17) is 4.74 Å². The number of methoxy groups -OCH3 is 1. The van der Waals surface area contributed by atoms with Crippen LogP contribution in [0.5, 0.6) is 5.75 Å². The summed E-state index contributed by atoms with van der Waals surface area (Å²) in [5.74, 6) is 0.783. The van der Waals surface area contributed by atoms with E-state index in [1.54, 1.807) is 18.7 Å². The summed E-state index contributed by atoms with van der Waals surface area (Å²) in [5.41, 5.74) is -3.73. The van der Waals surface area contributed by atoms with Gasteiger partial charge in [-0.15, -0.1) is 0 Å². The van der Waals surface area contributed by atoms with Crippen LogP contribution in [-0.2, 0) is 5.41 Å². The molecule has 2 fully saturated rings. The van der Waals surface area contributed by atoms with Crippen LogP contribution in [0.15, 0.2) is 18.2 Å². The van der Waals surface area contributed by atoms with Crippen molar-refractivity contribution in [3.8, 4) is 5.75 Å². The van der Waals surface area contributed by atoms with Crippen molar-refractivity contribution in [1.82, 2.24) is 4.90 Å². The van der Waals surface area contributed by atoms with Crippen molar-refractivity contribution in [2.75, 3.05) is 26.7 Å². The number of nitrogens with zero attached hydrogens (tertiary/aromatic N) is 1. The molecule has 3 unspecified atom stereocenters. The lowest BCUT2D eigenvalue weighted by Crippen LogP contribution is -2.58. The van der Waals surface area contributed by atoms with E-state index in [1.165, 1.54) is 31.7 Å². The molecule has 0 aromatic heterocycles. The minimum atomic E-state index is -4.80. The molecule has 1 N–H and O–H groups in total. The SMILES string of the molecule is COc1ccc(F)cc1C(C)(C)CC(O)(CN1CCC2CCCCC2C1)C(F)(F)F. The van der Waals surface area contributed by atoms with Gasteiger partial charge in [0.2, 0.25) is 0 Å². The second-order valence-corrected chi connectivity index (χ2v) is 9.76. The largest absolute Gasteiger partial charge is 0.496 e. The fraction of sp³-hybridized carbons (Fsp3) is 0.739. The van der Waals surface area contributed by atoms with Crippen LogP contribution >= 0.6 is 0 Å². The Morgan fingerprint density at radius 3 is 2.40 bits per heavy atom. The van der Waals surface area contributed by atoms with Crippen molar-refractivity contribution in [3.63, 3.8) is 0 Å². The molecule has 3 nitrogen and oxygen atoms in total. The Kier molecular flexibility index (Phi) is 6.73. The molecule has 0 spiro atoms. The lowest BCUT2D eigenvalue weighted by atomic mass is 9.73. The number of hydrogen-bond donors (Lipinski definition) is 1.